The average molecular weight is 413 g/mol. The lowest BCUT2D eigenvalue weighted by Gasteiger charge is -2.28. The van der Waals surface area contributed by atoms with Crippen LogP contribution in [0.15, 0.2) is 17.0 Å². The molecule has 0 N–H and O–H groups in total. The minimum Gasteiger partial charge on any atom is -0.497 e. The molecule has 0 saturated heterocycles. The quantitative estimate of drug-likeness (QED) is 0.687. The number of carbonyl (C=O) groups is 1. The first-order valence-electron chi connectivity index (χ1n) is 9.48. The zero-order chi connectivity index (χ0) is 21.3. The van der Waals surface area contributed by atoms with E-state index in [1.807, 2.05) is 0 Å². The highest BCUT2D eigenvalue weighted by Crippen LogP contribution is 2.35. The van der Waals surface area contributed by atoms with Crippen LogP contribution in [-0.2, 0) is 14.8 Å². The van der Waals surface area contributed by atoms with Crippen LogP contribution in [0.2, 0.25) is 0 Å². The second-order valence-electron chi connectivity index (χ2n) is 8.34. The van der Waals surface area contributed by atoms with Crippen molar-refractivity contribution in [2.75, 3.05) is 27.2 Å². The Hall–Kier alpha value is -1.80. The van der Waals surface area contributed by atoms with Gasteiger partial charge in [0.25, 0.3) is 0 Å². The molecule has 1 saturated carbocycles. The molecule has 0 spiro atoms. The molecule has 158 valence electrons. The van der Waals surface area contributed by atoms with Crippen molar-refractivity contribution in [3.8, 4) is 5.75 Å². The van der Waals surface area contributed by atoms with Crippen molar-refractivity contribution in [2.24, 2.45) is 0 Å². The predicted molar refractivity (Wildman–Crippen MR) is 108 cm³/mol. The number of sulfonamides is 1. The van der Waals surface area contributed by atoms with Crippen molar-refractivity contribution in [1.29, 1.82) is 0 Å². The van der Waals surface area contributed by atoms with Gasteiger partial charge in [-0.25, -0.2) is 13.2 Å². The van der Waals surface area contributed by atoms with Gasteiger partial charge in [-0.15, -0.1) is 0 Å². The lowest BCUT2D eigenvalue weighted by Crippen LogP contribution is -2.42. The van der Waals surface area contributed by atoms with E-state index >= 15 is 0 Å². The Balaban J connectivity index is 2.21. The number of likely N-dealkylation sites (N-methyl/N-ethyl adjacent to an activating group) is 1. The summed E-state index contributed by atoms with van der Waals surface area (Å²) in [6.07, 6.45) is 1.21. The molecular weight excluding hydrogens is 380 g/mol. The molecule has 1 aliphatic rings. The molecule has 7 nitrogen and oxygen atoms in total. The second-order valence-corrected chi connectivity index (χ2v) is 10.2. The Morgan fingerprint density at radius 1 is 1.14 bits per heavy atom. The van der Waals surface area contributed by atoms with Crippen LogP contribution in [0.25, 0.3) is 0 Å². The molecule has 1 aromatic rings. The number of methoxy groups -OCH3 is 1. The second kappa shape index (κ2) is 8.29. The van der Waals surface area contributed by atoms with Crippen molar-refractivity contribution in [3.63, 3.8) is 0 Å². The highest BCUT2D eigenvalue weighted by atomic mass is 32.2. The van der Waals surface area contributed by atoms with Gasteiger partial charge in [-0.1, -0.05) is 0 Å². The maximum Gasteiger partial charge on any atom is 0.410 e. The first kappa shape index (κ1) is 22.5. The van der Waals surface area contributed by atoms with Crippen molar-refractivity contribution < 1.29 is 22.7 Å². The van der Waals surface area contributed by atoms with Gasteiger partial charge in [-0.3, -0.25) is 0 Å². The summed E-state index contributed by atoms with van der Waals surface area (Å²) in [6.45, 7) is 9.45. The van der Waals surface area contributed by atoms with Gasteiger partial charge in [-0.05, 0) is 70.7 Å². The minimum atomic E-state index is -3.68. The Bertz CT molecular complexity index is 802. The Labute approximate surface area is 168 Å². The van der Waals surface area contributed by atoms with Crippen LogP contribution in [0.4, 0.5) is 4.79 Å². The van der Waals surface area contributed by atoms with Gasteiger partial charge >= 0.3 is 6.09 Å². The number of hydrogen-bond donors (Lipinski definition) is 0. The predicted octanol–water partition coefficient (Wildman–Crippen LogP) is 3.33. The molecule has 1 fully saturated rings. The van der Waals surface area contributed by atoms with Crippen LogP contribution in [-0.4, -0.2) is 62.6 Å². The number of ether oxygens (including phenoxy) is 2. The maximum absolute atomic E-state index is 13.4. The lowest BCUT2D eigenvalue weighted by molar-refractivity contribution is 0.0292. The third-order valence-electron chi connectivity index (χ3n) is 4.55. The zero-order valence-corrected chi connectivity index (χ0v) is 18.7. The van der Waals surface area contributed by atoms with Gasteiger partial charge < -0.3 is 14.4 Å². The molecule has 8 heteroatoms. The fourth-order valence-corrected chi connectivity index (χ4v) is 5.19. The molecule has 0 aliphatic heterocycles. The van der Waals surface area contributed by atoms with E-state index in [4.69, 9.17) is 9.47 Å². The number of amides is 1. The van der Waals surface area contributed by atoms with E-state index in [0.29, 0.717) is 21.8 Å². The number of carbonyl (C=O) groups excluding carboxylic acids is 1. The SMILES string of the molecule is COc1cc(C)c(S(=O)(=O)N(CCN(C)C(=O)OC(C)(C)C)C2CC2)c(C)c1. The molecule has 1 aromatic carbocycles. The normalized spacial score (nSPS) is 14.9. The van der Waals surface area contributed by atoms with E-state index in [0.717, 1.165) is 12.8 Å². The van der Waals surface area contributed by atoms with Gasteiger partial charge in [0.1, 0.15) is 11.4 Å². The molecule has 0 bridgehead atoms. The summed E-state index contributed by atoms with van der Waals surface area (Å²) >= 11 is 0. The Morgan fingerprint density at radius 2 is 1.68 bits per heavy atom. The van der Waals surface area contributed by atoms with Crippen LogP contribution in [0.3, 0.4) is 0 Å². The fourth-order valence-electron chi connectivity index (χ4n) is 3.09. The largest absolute Gasteiger partial charge is 0.497 e. The van der Waals surface area contributed by atoms with Gasteiger partial charge in [-0.2, -0.15) is 4.31 Å². The van der Waals surface area contributed by atoms with Gasteiger partial charge in [0.15, 0.2) is 0 Å². The molecule has 1 aliphatic carbocycles. The van der Waals surface area contributed by atoms with Crippen molar-refractivity contribution in [3.05, 3.63) is 23.3 Å². The summed E-state index contributed by atoms with van der Waals surface area (Å²) in [5, 5.41) is 0. The number of nitrogens with zero attached hydrogens (tertiary/aromatic N) is 2. The lowest BCUT2D eigenvalue weighted by atomic mass is 10.1. The molecule has 2 rings (SSSR count). The average Bonchev–Trinajstić information content (AvgIpc) is 3.36. The minimum absolute atomic E-state index is 0.0158. The molecule has 0 atom stereocenters. The molecular formula is C20H32N2O5S. The third kappa shape index (κ3) is 5.38. The van der Waals surface area contributed by atoms with E-state index < -0.39 is 21.7 Å². The number of hydrogen-bond acceptors (Lipinski definition) is 5. The molecule has 0 heterocycles. The third-order valence-corrected chi connectivity index (χ3v) is 6.81. The van der Waals surface area contributed by atoms with Crippen LogP contribution in [0.5, 0.6) is 5.75 Å². The highest BCUT2D eigenvalue weighted by molar-refractivity contribution is 7.89. The number of aryl methyl sites for hydroxylation is 2. The molecule has 1 amide bonds. The molecule has 28 heavy (non-hydrogen) atoms. The van der Waals surface area contributed by atoms with Gasteiger partial charge in [0.05, 0.1) is 12.0 Å². The van der Waals surface area contributed by atoms with Crippen LogP contribution >= 0.6 is 0 Å². The Morgan fingerprint density at radius 3 is 2.11 bits per heavy atom. The van der Waals surface area contributed by atoms with Crippen molar-refractivity contribution in [2.45, 2.75) is 64.0 Å². The summed E-state index contributed by atoms with van der Waals surface area (Å²) < 4.78 is 38.9. The maximum atomic E-state index is 13.4. The van der Waals surface area contributed by atoms with E-state index in [1.165, 1.54) is 9.21 Å². The monoisotopic (exact) mass is 412 g/mol. The van der Waals surface area contributed by atoms with Crippen molar-refractivity contribution >= 4 is 16.1 Å². The van der Waals surface area contributed by atoms with E-state index in [1.54, 1.807) is 60.9 Å². The van der Waals surface area contributed by atoms with E-state index in [2.05, 4.69) is 0 Å². The topological polar surface area (TPSA) is 76.2 Å². The van der Waals surface area contributed by atoms with Crippen LogP contribution < -0.4 is 4.74 Å². The number of rotatable bonds is 7. The van der Waals surface area contributed by atoms with Gasteiger partial charge in [0.2, 0.25) is 10.0 Å². The summed E-state index contributed by atoms with van der Waals surface area (Å²) in [4.78, 5) is 13.9. The summed E-state index contributed by atoms with van der Waals surface area (Å²) in [7, 11) is -0.500. The summed E-state index contributed by atoms with van der Waals surface area (Å²) in [6, 6.07) is 3.45. The molecule has 0 aromatic heterocycles. The first-order chi connectivity index (χ1) is 12.9. The fraction of sp³-hybridized carbons (Fsp3) is 0.650. The van der Waals surface area contributed by atoms with Gasteiger partial charge in [0, 0.05) is 26.2 Å². The van der Waals surface area contributed by atoms with Crippen LogP contribution in [0.1, 0.15) is 44.7 Å². The number of benzene rings is 1. The summed E-state index contributed by atoms with van der Waals surface area (Å²) in [5.41, 5.74) is 0.719. The van der Waals surface area contributed by atoms with E-state index in [9.17, 15) is 13.2 Å². The van der Waals surface area contributed by atoms with Crippen LogP contribution in [0, 0.1) is 13.8 Å². The summed E-state index contributed by atoms with van der Waals surface area (Å²) in [5.74, 6) is 0.636. The molecule has 0 unspecified atom stereocenters. The molecule has 0 radical (unpaired) electrons. The first-order valence-corrected chi connectivity index (χ1v) is 10.9. The van der Waals surface area contributed by atoms with Crippen molar-refractivity contribution in [1.82, 2.24) is 9.21 Å². The zero-order valence-electron chi connectivity index (χ0n) is 17.9. The standard InChI is InChI=1S/C20H32N2O5S/c1-14-12-17(26-7)13-15(2)18(14)28(24,25)22(16-8-9-16)11-10-21(6)19(23)27-20(3,4)5/h12-13,16H,8-11H2,1-7H3. The smallest absolute Gasteiger partial charge is 0.410 e. The Kier molecular flexibility index (Phi) is 6.66. The van der Waals surface area contributed by atoms with E-state index in [-0.39, 0.29) is 19.1 Å². The highest BCUT2D eigenvalue weighted by Gasteiger charge is 2.39.